The van der Waals surface area contributed by atoms with Gasteiger partial charge in [0.1, 0.15) is 5.75 Å². The predicted octanol–water partition coefficient (Wildman–Crippen LogP) is 3.24. The summed E-state index contributed by atoms with van der Waals surface area (Å²) in [4.78, 5) is 2.38. The zero-order valence-electron chi connectivity index (χ0n) is 12.7. The van der Waals surface area contributed by atoms with Gasteiger partial charge in [-0.25, -0.2) is 0 Å². The van der Waals surface area contributed by atoms with Crippen LogP contribution in [-0.2, 0) is 0 Å². The van der Waals surface area contributed by atoms with Gasteiger partial charge in [0.2, 0.25) is 0 Å². The highest BCUT2D eigenvalue weighted by atomic mass is 16.5. The molecule has 0 aliphatic carbocycles. The van der Waals surface area contributed by atoms with E-state index in [9.17, 15) is 5.11 Å². The van der Waals surface area contributed by atoms with Crippen LogP contribution in [0, 0.1) is 5.92 Å². The summed E-state index contributed by atoms with van der Waals surface area (Å²) in [6.45, 7) is 8.08. The van der Waals surface area contributed by atoms with E-state index in [1.54, 1.807) is 0 Å². The number of β-amino-alcohol motifs (C(OH)–C–C–N with tert-alkyl or cyclic N) is 1. The summed E-state index contributed by atoms with van der Waals surface area (Å²) >= 11 is 0. The summed E-state index contributed by atoms with van der Waals surface area (Å²) < 4.78 is 5.56. The Morgan fingerprint density at radius 1 is 1.35 bits per heavy atom. The molecule has 1 aromatic carbocycles. The smallest absolute Gasteiger partial charge is 0.119 e. The molecule has 0 saturated carbocycles. The maximum atomic E-state index is 10.3. The van der Waals surface area contributed by atoms with E-state index < -0.39 is 6.10 Å². The van der Waals surface area contributed by atoms with E-state index in [0.717, 1.165) is 49.9 Å². The number of aliphatic hydroxyl groups is 1. The summed E-state index contributed by atoms with van der Waals surface area (Å²) in [5.41, 5.74) is 0.979. The molecule has 2 unspecified atom stereocenters. The molecular weight excluding hydrogens is 250 g/mol. The molecule has 2 atom stereocenters. The fourth-order valence-electron chi connectivity index (χ4n) is 2.81. The van der Waals surface area contributed by atoms with Crippen molar-refractivity contribution in [2.24, 2.45) is 5.92 Å². The van der Waals surface area contributed by atoms with Gasteiger partial charge in [0.05, 0.1) is 12.7 Å². The van der Waals surface area contributed by atoms with Gasteiger partial charge in [0, 0.05) is 13.1 Å². The van der Waals surface area contributed by atoms with E-state index >= 15 is 0 Å². The normalized spacial score (nSPS) is 21.6. The maximum Gasteiger partial charge on any atom is 0.119 e. The van der Waals surface area contributed by atoms with Crippen molar-refractivity contribution in [1.29, 1.82) is 0 Å². The Morgan fingerprint density at radius 2 is 2.10 bits per heavy atom. The zero-order chi connectivity index (χ0) is 14.4. The Hall–Kier alpha value is -1.06. The molecule has 0 radical (unpaired) electrons. The highest BCUT2D eigenvalue weighted by molar-refractivity contribution is 5.28. The van der Waals surface area contributed by atoms with Crippen molar-refractivity contribution in [2.75, 3.05) is 26.2 Å². The Morgan fingerprint density at radius 3 is 2.75 bits per heavy atom. The van der Waals surface area contributed by atoms with Crippen LogP contribution in [-0.4, -0.2) is 36.2 Å². The van der Waals surface area contributed by atoms with Gasteiger partial charge in [-0.2, -0.15) is 0 Å². The SMILES string of the molecule is CCCOc1ccc(C(O)CN2CCCC(C)C2)cc1. The minimum absolute atomic E-state index is 0.402. The number of piperidine rings is 1. The van der Waals surface area contributed by atoms with Crippen molar-refractivity contribution >= 4 is 0 Å². The average molecular weight is 277 g/mol. The molecule has 0 spiro atoms. The second kappa shape index (κ2) is 7.65. The van der Waals surface area contributed by atoms with Crippen LogP contribution in [0.3, 0.4) is 0 Å². The van der Waals surface area contributed by atoms with Crippen LogP contribution in [0.2, 0.25) is 0 Å². The second-order valence-electron chi connectivity index (χ2n) is 5.94. The van der Waals surface area contributed by atoms with Crippen LogP contribution in [0.15, 0.2) is 24.3 Å². The number of rotatable bonds is 6. The van der Waals surface area contributed by atoms with Gasteiger partial charge >= 0.3 is 0 Å². The number of hydrogen-bond donors (Lipinski definition) is 1. The Kier molecular flexibility index (Phi) is 5.86. The zero-order valence-corrected chi connectivity index (χ0v) is 12.7. The van der Waals surface area contributed by atoms with Crippen LogP contribution in [0.25, 0.3) is 0 Å². The summed E-state index contributed by atoms with van der Waals surface area (Å²) in [7, 11) is 0. The van der Waals surface area contributed by atoms with E-state index in [4.69, 9.17) is 4.74 Å². The van der Waals surface area contributed by atoms with Crippen LogP contribution in [0.4, 0.5) is 0 Å². The predicted molar refractivity (Wildman–Crippen MR) is 82.0 cm³/mol. The lowest BCUT2D eigenvalue weighted by atomic mass is 9.99. The molecule has 0 bridgehead atoms. The molecule has 3 nitrogen and oxygen atoms in total. The molecule has 0 aromatic heterocycles. The van der Waals surface area contributed by atoms with E-state index in [1.807, 2.05) is 24.3 Å². The first-order chi connectivity index (χ1) is 9.69. The van der Waals surface area contributed by atoms with E-state index in [0.29, 0.717) is 0 Å². The van der Waals surface area contributed by atoms with E-state index in [1.165, 1.54) is 12.8 Å². The number of benzene rings is 1. The average Bonchev–Trinajstić information content (AvgIpc) is 2.45. The maximum absolute atomic E-state index is 10.3. The molecule has 1 aromatic rings. The molecule has 1 aliphatic heterocycles. The Bertz CT molecular complexity index is 390. The standard InChI is InChI=1S/C17H27NO2/c1-3-11-20-16-8-6-15(7-9-16)17(19)13-18-10-4-5-14(2)12-18/h6-9,14,17,19H,3-5,10-13H2,1-2H3. The van der Waals surface area contributed by atoms with Crippen LogP contribution in [0.5, 0.6) is 5.75 Å². The van der Waals surface area contributed by atoms with Gasteiger partial charge in [-0.15, -0.1) is 0 Å². The summed E-state index contributed by atoms with van der Waals surface area (Å²) in [6.07, 6.45) is 3.17. The van der Waals surface area contributed by atoms with Crippen LogP contribution >= 0.6 is 0 Å². The molecule has 1 fully saturated rings. The largest absolute Gasteiger partial charge is 0.494 e. The van der Waals surface area contributed by atoms with E-state index in [-0.39, 0.29) is 0 Å². The first kappa shape index (κ1) is 15.3. The Balaban J connectivity index is 1.86. The lowest BCUT2D eigenvalue weighted by Gasteiger charge is -2.32. The van der Waals surface area contributed by atoms with E-state index in [2.05, 4.69) is 18.7 Å². The number of likely N-dealkylation sites (tertiary alicyclic amines) is 1. The molecule has 3 heteroatoms. The minimum Gasteiger partial charge on any atom is -0.494 e. The van der Waals surface area contributed by atoms with Crippen molar-refractivity contribution in [3.8, 4) is 5.75 Å². The molecular formula is C17H27NO2. The quantitative estimate of drug-likeness (QED) is 0.866. The minimum atomic E-state index is -0.402. The molecule has 1 saturated heterocycles. The van der Waals surface area contributed by atoms with Crippen LogP contribution in [0.1, 0.15) is 44.8 Å². The molecule has 0 amide bonds. The third kappa shape index (κ3) is 4.50. The fourth-order valence-corrected chi connectivity index (χ4v) is 2.81. The molecule has 1 heterocycles. The van der Waals surface area contributed by atoms with Gasteiger partial charge in [-0.1, -0.05) is 26.0 Å². The summed E-state index contributed by atoms with van der Waals surface area (Å²) in [5.74, 6) is 1.63. The van der Waals surface area contributed by atoms with Gasteiger partial charge in [0.15, 0.2) is 0 Å². The van der Waals surface area contributed by atoms with Crippen molar-refractivity contribution < 1.29 is 9.84 Å². The number of ether oxygens (including phenoxy) is 1. The topological polar surface area (TPSA) is 32.7 Å². The number of aliphatic hydroxyl groups excluding tert-OH is 1. The van der Waals surface area contributed by atoms with Crippen molar-refractivity contribution in [2.45, 2.75) is 39.2 Å². The number of hydrogen-bond acceptors (Lipinski definition) is 3. The van der Waals surface area contributed by atoms with Gasteiger partial charge in [0.25, 0.3) is 0 Å². The molecule has 2 rings (SSSR count). The molecule has 1 N–H and O–H groups in total. The fraction of sp³-hybridized carbons (Fsp3) is 0.647. The van der Waals surface area contributed by atoms with Crippen molar-refractivity contribution in [1.82, 2.24) is 4.90 Å². The molecule has 1 aliphatic rings. The first-order valence-electron chi connectivity index (χ1n) is 7.82. The van der Waals surface area contributed by atoms with Crippen LogP contribution < -0.4 is 4.74 Å². The highest BCUT2D eigenvalue weighted by Crippen LogP contribution is 2.22. The van der Waals surface area contributed by atoms with Gasteiger partial charge in [-0.05, 0) is 49.4 Å². The molecule has 112 valence electrons. The first-order valence-corrected chi connectivity index (χ1v) is 7.82. The highest BCUT2D eigenvalue weighted by Gasteiger charge is 2.19. The molecule has 20 heavy (non-hydrogen) atoms. The lowest BCUT2D eigenvalue weighted by Crippen LogP contribution is -2.37. The Labute approximate surface area is 122 Å². The summed E-state index contributed by atoms with van der Waals surface area (Å²) in [6, 6.07) is 7.85. The van der Waals surface area contributed by atoms with Gasteiger partial charge in [-0.3, -0.25) is 0 Å². The van der Waals surface area contributed by atoms with Gasteiger partial charge < -0.3 is 14.7 Å². The number of nitrogens with zero attached hydrogens (tertiary/aromatic N) is 1. The lowest BCUT2D eigenvalue weighted by molar-refractivity contribution is 0.0875. The summed E-state index contributed by atoms with van der Waals surface area (Å²) in [5, 5.41) is 10.3. The van der Waals surface area contributed by atoms with Crippen molar-refractivity contribution in [3.63, 3.8) is 0 Å². The third-order valence-corrected chi connectivity index (χ3v) is 3.91. The van der Waals surface area contributed by atoms with Crippen molar-refractivity contribution in [3.05, 3.63) is 29.8 Å². The second-order valence-corrected chi connectivity index (χ2v) is 5.94. The monoisotopic (exact) mass is 277 g/mol. The third-order valence-electron chi connectivity index (χ3n) is 3.91.